The molecule has 3 rings (SSSR count). The van der Waals surface area contributed by atoms with Gasteiger partial charge in [-0.25, -0.2) is 5.43 Å². The number of methoxy groups -OCH3 is 1. The maximum absolute atomic E-state index is 12.3. The molecule has 1 N–H and O–H groups in total. The van der Waals surface area contributed by atoms with E-state index in [1.54, 1.807) is 31.5 Å². The van der Waals surface area contributed by atoms with Crippen LogP contribution in [0.5, 0.6) is 5.75 Å². The highest BCUT2D eigenvalue weighted by Gasteiger charge is 2.29. The summed E-state index contributed by atoms with van der Waals surface area (Å²) in [5.74, 6) is 0.216. The number of para-hydroxylation sites is 1. The second-order valence-corrected chi connectivity index (χ2v) is 7.40. The van der Waals surface area contributed by atoms with Crippen molar-refractivity contribution in [3.63, 3.8) is 0 Å². The van der Waals surface area contributed by atoms with Gasteiger partial charge >= 0.3 is 0 Å². The van der Waals surface area contributed by atoms with E-state index >= 15 is 0 Å². The average molecular weight is 377 g/mol. The van der Waals surface area contributed by atoms with Crippen molar-refractivity contribution < 1.29 is 9.53 Å². The molecule has 1 aliphatic rings. The monoisotopic (exact) mass is 377 g/mol. The number of anilines is 1. The van der Waals surface area contributed by atoms with E-state index in [1.807, 2.05) is 12.1 Å². The summed E-state index contributed by atoms with van der Waals surface area (Å²) in [5.41, 5.74) is 7.61. The fourth-order valence-electron chi connectivity index (χ4n) is 3.82. The number of hydrogen-bond acceptors (Lipinski definition) is 4. The SMILES string of the molecule is CCN1c2ccc(/C=N/NC(=O)c3ccccc3OC)cc2C(C)=CC1(C)C. The second kappa shape index (κ2) is 7.89. The van der Waals surface area contributed by atoms with Gasteiger partial charge in [0.1, 0.15) is 5.75 Å². The number of benzene rings is 2. The molecule has 1 amide bonds. The number of hydrazone groups is 1. The molecule has 0 spiro atoms. The number of rotatable bonds is 5. The van der Waals surface area contributed by atoms with Gasteiger partial charge in [0.2, 0.25) is 0 Å². The molecule has 0 fully saturated rings. The highest BCUT2D eigenvalue weighted by Crippen LogP contribution is 2.38. The lowest BCUT2D eigenvalue weighted by Crippen LogP contribution is -2.44. The summed E-state index contributed by atoms with van der Waals surface area (Å²) in [6, 6.07) is 13.3. The van der Waals surface area contributed by atoms with E-state index in [0.29, 0.717) is 11.3 Å². The zero-order chi connectivity index (χ0) is 20.3. The van der Waals surface area contributed by atoms with Crippen molar-refractivity contribution in [2.45, 2.75) is 33.2 Å². The number of hydrogen-bond donors (Lipinski definition) is 1. The van der Waals surface area contributed by atoms with Crippen LogP contribution in [0, 0.1) is 0 Å². The first kappa shape index (κ1) is 19.7. The van der Waals surface area contributed by atoms with Gasteiger partial charge in [-0.05, 0) is 63.1 Å². The minimum absolute atomic E-state index is 0.00977. The van der Waals surface area contributed by atoms with Crippen LogP contribution in [0.1, 0.15) is 49.2 Å². The molecular weight excluding hydrogens is 350 g/mol. The van der Waals surface area contributed by atoms with E-state index in [1.165, 1.54) is 16.8 Å². The van der Waals surface area contributed by atoms with E-state index in [9.17, 15) is 4.79 Å². The fourth-order valence-corrected chi connectivity index (χ4v) is 3.82. The second-order valence-electron chi connectivity index (χ2n) is 7.40. The molecule has 1 heterocycles. The molecule has 0 saturated carbocycles. The Labute approximate surface area is 166 Å². The Kier molecular flexibility index (Phi) is 5.54. The summed E-state index contributed by atoms with van der Waals surface area (Å²) >= 11 is 0. The Morgan fingerprint density at radius 3 is 2.71 bits per heavy atom. The molecule has 5 heteroatoms. The summed E-state index contributed by atoms with van der Waals surface area (Å²) in [7, 11) is 1.54. The van der Waals surface area contributed by atoms with Crippen LogP contribution < -0.4 is 15.1 Å². The number of allylic oxidation sites excluding steroid dienone is 1. The van der Waals surface area contributed by atoms with Crippen LogP contribution in [0.2, 0.25) is 0 Å². The van der Waals surface area contributed by atoms with E-state index in [0.717, 1.165) is 12.1 Å². The summed E-state index contributed by atoms with van der Waals surface area (Å²) in [6.07, 6.45) is 3.96. The quantitative estimate of drug-likeness (QED) is 0.617. The Morgan fingerprint density at radius 1 is 1.25 bits per heavy atom. The summed E-state index contributed by atoms with van der Waals surface area (Å²) < 4.78 is 5.22. The van der Waals surface area contributed by atoms with E-state index in [-0.39, 0.29) is 11.4 Å². The van der Waals surface area contributed by atoms with Gasteiger partial charge in [0.05, 0.1) is 24.4 Å². The summed E-state index contributed by atoms with van der Waals surface area (Å²) in [6.45, 7) is 9.70. The van der Waals surface area contributed by atoms with E-state index < -0.39 is 0 Å². The third-order valence-electron chi connectivity index (χ3n) is 5.05. The van der Waals surface area contributed by atoms with Gasteiger partial charge in [0.15, 0.2) is 0 Å². The van der Waals surface area contributed by atoms with Crippen LogP contribution in [-0.4, -0.2) is 31.3 Å². The largest absolute Gasteiger partial charge is 0.496 e. The van der Waals surface area contributed by atoms with Crippen molar-refractivity contribution in [1.82, 2.24) is 5.43 Å². The number of amides is 1. The van der Waals surface area contributed by atoms with E-state index in [2.05, 4.69) is 61.3 Å². The third-order valence-corrected chi connectivity index (χ3v) is 5.05. The van der Waals surface area contributed by atoms with Crippen LogP contribution in [-0.2, 0) is 0 Å². The van der Waals surface area contributed by atoms with Crippen LogP contribution in [0.4, 0.5) is 5.69 Å². The lowest BCUT2D eigenvalue weighted by Gasteiger charge is -2.42. The number of ether oxygens (including phenoxy) is 1. The first-order chi connectivity index (χ1) is 13.4. The Hall–Kier alpha value is -3.08. The molecule has 2 aromatic carbocycles. The summed E-state index contributed by atoms with van der Waals surface area (Å²) in [5, 5.41) is 4.12. The number of carbonyl (C=O) groups is 1. The van der Waals surface area contributed by atoms with Crippen LogP contribution in [0.25, 0.3) is 5.57 Å². The van der Waals surface area contributed by atoms with Crippen molar-refractivity contribution in [2.24, 2.45) is 5.10 Å². The van der Waals surface area contributed by atoms with Gasteiger partial charge in [-0.1, -0.05) is 24.3 Å². The molecule has 0 saturated heterocycles. The highest BCUT2D eigenvalue weighted by molar-refractivity contribution is 5.97. The zero-order valence-corrected chi connectivity index (χ0v) is 17.1. The molecule has 2 aromatic rings. The molecule has 0 aromatic heterocycles. The van der Waals surface area contributed by atoms with Crippen molar-refractivity contribution in [3.05, 3.63) is 65.2 Å². The summed E-state index contributed by atoms with van der Waals surface area (Å²) in [4.78, 5) is 14.7. The first-order valence-corrected chi connectivity index (χ1v) is 9.45. The predicted molar refractivity (Wildman–Crippen MR) is 115 cm³/mol. The van der Waals surface area contributed by atoms with Gasteiger partial charge in [-0.3, -0.25) is 4.79 Å². The number of carbonyl (C=O) groups excluding carboxylic acids is 1. The lowest BCUT2D eigenvalue weighted by atomic mass is 9.88. The van der Waals surface area contributed by atoms with Crippen molar-refractivity contribution in [3.8, 4) is 5.75 Å². The minimum Gasteiger partial charge on any atom is -0.496 e. The molecular formula is C23H27N3O2. The molecule has 0 atom stereocenters. The predicted octanol–water partition coefficient (Wildman–Crippen LogP) is 4.48. The molecule has 146 valence electrons. The van der Waals surface area contributed by atoms with Crippen molar-refractivity contribution in [1.29, 1.82) is 0 Å². The Bertz CT molecular complexity index is 945. The topological polar surface area (TPSA) is 53.9 Å². The third kappa shape index (κ3) is 3.79. The Morgan fingerprint density at radius 2 is 2.00 bits per heavy atom. The smallest absolute Gasteiger partial charge is 0.275 e. The van der Waals surface area contributed by atoms with Gasteiger partial charge in [0.25, 0.3) is 5.91 Å². The molecule has 0 unspecified atom stereocenters. The minimum atomic E-state index is -0.304. The lowest BCUT2D eigenvalue weighted by molar-refractivity contribution is 0.0952. The standard InChI is InChI=1S/C23H27N3O2/c1-6-26-20-12-11-17(13-19(20)16(2)14-23(26,3)4)15-24-25-22(27)18-9-7-8-10-21(18)28-5/h7-15H,6H2,1-5H3,(H,25,27)/b24-15+. The van der Waals surface area contributed by atoms with Gasteiger partial charge < -0.3 is 9.64 Å². The van der Waals surface area contributed by atoms with Crippen molar-refractivity contribution in [2.75, 3.05) is 18.6 Å². The normalized spacial score (nSPS) is 15.2. The highest BCUT2D eigenvalue weighted by atomic mass is 16.5. The van der Waals surface area contributed by atoms with Gasteiger partial charge in [-0.15, -0.1) is 0 Å². The zero-order valence-electron chi connectivity index (χ0n) is 17.1. The first-order valence-electron chi connectivity index (χ1n) is 9.45. The van der Waals surface area contributed by atoms with Gasteiger partial charge in [0, 0.05) is 17.8 Å². The average Bonchev–Trinajstić information content (AvgIpc) is 2.67. The molecule has 0 bridgehead atoms. The molecule has 0 aliphatic carbocycles. The molecule has 1 aliphatic heterocycles. The van der Waals surface area contributed by atoms with Crippen LogP contribution in [0.3, 0.4) is 0 Å². The number of nitrogens with one attached hydrogen (secondary N) is 1. The number of fused-ring (bicyclic) bond motifs is 1. The molecule has 0 radical (unpaired) electrons. The fraction of sp³-hybridized carbons (Fsp3) is 0.304. The molecule has 28 heavy (non-hydrogen) atoms. The van der Waals surface area contributed by atoms with Crippen molar-refractivity contribution >= 4 is 23.4 Å². The van der Waals surface area contributed by atoms with Crippen LogP contribution >= 0.6 is 0 Å². The number of likely N-dealkylation sites (N-methyl/N-ethyl adjacent to an activating group) is 1. The maximum Gasteiger partial charge on any atom is 0.275 e. The Balaban J connectivity index is 1.79. The van der Waals surface area contributed by atoms with E-state index in [4.69, 9.17) is 4.74 Å². The van der Waals surface area contributed by atoms with Gasteiger partial charge in [-0.2, -0.15) is 5.10 Å². The van der Waals surface area contributed by atoms with Crippen LogP contribution in [0.15, 0.2) is 53.6 Å². The molecule has 5 nitrogen and oxygen atoms in total. The number of nitrogens with zero attached hydrogens (tertiary/aromatic N) is 2. The maximum atomic E-state index is 12.3.